The van der Waals surface area contributed by atoms with Crippen molar-refractivity contribution < 1.29 is 12.8 Å². The third-order valence-electron chi connectivity index (χ3n) is 6.06. The lowest BCUT2D eigenvalue weighted by Gasteiger charge is -2.44. The third kappa shape index (κ3) is 4.66. The predicted octanol–water partition coefficient (Wildman–Crippen LogP) is 2.76. The van der Waals surface area contributed by atoms with Gasteiger partial charge in [-0.2, -0.15) is 4.31 Å². The van der Waals surface area contributed by atoms with Gasteiger partial charge in [-0.05, 0) is 67.6 Å². The lowest BCUT2D eigenvalue weighted by molar-refractivity contribution is 0.241. The van der Waals surface area contributed by atoms with Crippen LogP contribution in [-0.4, -0.2) is 50.3 Å². The number of halogens is 1. The van der Waals surface area contributed by atoms with Crippen molar-refractivity contribution in [3.8, 4) is 0 Å². The molecule has 0 unspecified atom stereocenters. The van der Waals surface area contributed by atoms with Crippen LogP contribution in [0.1, 0.15) is 29.5 Å². The maximum Gasteiger partial charge on any atom is 0.243 e. The highest BCUT2D eigenvalue weighted by molar-refractivity contribution is 7.89. The molecule has 1 fully saturated rings. The van der Waals surface area contributed by atoms with Gasteiger partial charge in [0.2, 0.25) is 10.0 Å². The molecule has 1 spiro atoms. The van der Waals surface area contributed by atoms with Crippen LogP contribution in [-0.2, 0) is 16.6 Å². The molecule has 2 aliphatic heterocycles. The number of nitrogens with zero attached hydrogens (tertiary/aromatic N) is 2. The van der Waals surface area contributed by atoms with Crippen LogP contribution in [0.3, 0.4) is 0 Å². The fourth-order valence-electron chi connectivity index (χ4n) is 4.51. The summed E-state index contributed by atoms with van der Waals surface area (Å²) in [5.74, 6) is 0.578. The van der Waals surface area contributed by atoms with Gasteiger partial charge >= 0.3 is 0 Å². The summed E-state index contributed by atoms with van der Waals surface area (Å²) >= 11 is 0. The lowest BCUT2D eigenvalue weighted by Crippen LogP contribution is -2.64. The van der Waals surface area contributed by atoms with Gasteiger partial charge in [0.05, 0.1) is 17.0 Å². The quantitative estimate of drug-likeness (QED) is 0.761. The second kappa shape index (κ2) is 8.68. The highest BCUT2D eigenvalue weighted by Crippen LogP contribution is 2.29. The molecule has 2 aromatic rings. The van der Waals surface area contributed by atoms with Gasteiger partial charge in [-0.3, -0.25) is 4.99 Å². The molecule has 2 N–H and O–H groups in total. The molecule has 2 aromatic carbocycles. The molecule has 2 heterocycles. The molecule has 4 rings (SSSR count). The zero-order valence-corrected chi connectivity index (χ0v) is 18.8. The second-order valence-electron chi connectivity index (χ2n) is 8.45. The van der Waals surface area contributed by atoms with Gasteiger partial charge in [-0.15, -0.1) is 0 Å². The number of hydrogen-bond acceptors (Lipinski definition) is 5. The molecule has 1 saturated heterocycles. The van der Waals surface area contributed by atoms with Gasteiger partial charge in [-0.1, -0.05) is 18.2 Å². The van der Waals surface area contributed by atoms with E-state index in [1.165, 1.54) is 12.1 Å². The van der Waals surface area contributed by atoms with E-state index < -0.39 is 10.0 Å². The number of aryl methyl sites for hydroxylation is 2. The number of sulfonamides is 1. The molecule has 6 nitrogen and oxygen atoms in total. The van der Waals surface area contributed by atoms with E-state index in [1.54, 1.807) is 22.5 Å². The summed E-state index contributed by atoms with van der Waals surface area (Å²) in [6.07, 6.45) is 1.26. The zero-order valence-electron chi connectivity index (χ0n) is 18.0. The first kappa shape index (κ1) is 21.9. The largest absolute Gasteiger partial charge is 0.368 e. The van der Waals surface area contributed by atoms with Crippen LogP contribution in [0.4, 0.5) is 4.39 Å². The number of nitrogens with one attached hydrogen (secondary N) is 2. The molecular formula is C23H29FN4O2S. The maximum absolute atomic E-state index is 13.5. The molecular weight excluding hydrogens is 415 g/mol. The van der Waals surface area contributed by atoms with Crippen molar-refractivity contribution >= 4 is 15.9 Å². The maximum atomic E-state index is 13.5. The number of benzene rings is 2. The van der Waals surface area contributed by atoms with Crippen molar-refractivity contribution in [2.75, 3.05) is 26.2 Å². The van der Waals surface area contributed by atoms with Crippen LogP contribution < -0.4 is 10.6 Å². The molecule has 0 amide bonds. The topological polar surface area (TPSA) is 73.8 Å². The summed E-state index contributed by atoms with van der Waals surface area (Å²) in [7, 11) is -3.54. The fraction of sp³-hybridized carbons (Fsp3) is 0.435. The van der Waals surface area contributed by atoms with E-state index in [-0.39, 0.29) is 11.4 Å². The highest BCUT2D eigenvalue weighted by Gasteiger charge is 2.43. The van der Waals surface area contributed by atoms with E-state index in [0.717, 1.165) is 29.1 Å². The van der Waals surface area contributed by atoms with Crippen LogP contribution in [0.15, 0.2) is 52.4 Å². The van der Waals surface area contributed by atoms with E-state index in [0.29, 0.717) is 43.9 Å². The Kier molecular flexibility index (Phi) is 6.14. The van der Waals surface area contributed by atoms with Crippen molar-refractivity contribution in [1.82, 2.24) is 14.9 Å². The predicted molar refractivity (Wildman–Crippen MR) is 120 cm³/mol. The monoisotopic (exact) mass is 444 g/mol. The van der Waals surface area contributed by atoms with E-state index in [1.807, 2.05) is 26.0 Å². The Balaban J connectivity index is 1.47. The molecule has 166 valence electrons. The fourth-order valence-corrected chi connectivity index (χ4v) is 6.14. The normalized spacial score (nSPS) is 19.3. The SMILES string of the molecule is Cc1cc(C)cc(S(=O)(=O)N2CCC3(CC2)NCCN=C3NCc2cccc(F)c2)c1. The van der Waals surface area contributed by atoms with Crippen LogP contribution in [0.25, 0.3) is 0 Å². The summed E-state index contributed by atoms with van der Waals surface area (Å²) in [5.41, 5.74) is 2.35. The number of rotatable bonds is 4. The molecule has 0 aromatic heterocycles. The standard InChI is InChI=1S/C23H29FN4O2S/c1-17-12-18(2)14-21(13-17)31(29,30)28-10-6-23(7-11-28)22(25-8-9-27-23)26-16-19-4-3-5-20(24)15-19/h3-5,12-15,27H,6-11,16H2,1-2H3,(H,25,26). The zero-order chi connectivity index (χ0) is 22.1. The smallest absolute Gasteiger partial charge is 0.243 e. The van der Waals surface area contributed by atoms with E-state index in [4.69, 9.17) is 4.99 Å². The average Bonchev–Trinajstić information content (AvgIpc) is 2.73. The average molecular weight is 445 g/mol. The first-order valence-corrected chi connectivity index (χ1v) is 12.1. The minimum absolute atomic E-state index is 0.261. The minimum atomic E-state index is -3.54. The summed E-state index contributed by atoms with van der Waals surface area (Å²) in [5, 5.41) is 6.95. The lowest BCUT2D eigenvalue weighted by atomic mass is 9.85. The summed E-state index contributed by atoms with van der Waals surface area (Å²) < 4.78 is 41.5. The van der Waals surface area contributed by atoms with Gasteiger partial charge in [0, 0.05) is 26.2 Å². The summed E-state index contributed by atoms with van der Waals surface area (Å²) in [4.78, 5) is 5.05. The molecule has 0 radical (unpaired) electrons. The first-order chi connectivity index (χ1) is 14.8. The Labute approximate surface area is 183 Å². The van der Waals surface area contributed by atoms with Gasteiger partial charge in [0.25, 0.3) is 0 Å². The van der Waals surface area contributed by atoms with Crippen molar-refractivity contribution in [3.63, 3.8) is 0 Å². The van der Waals surface area contributed by atoms with Gasteiger partial charge in [-0.25, -0.2) is 12.8 Å². The van der Waals surface area contributed by atoms with Crippen LogP contribution >= 0.6 is 0 Å². The number of amidine groups is 1. The third-order valence-corrected chi connectivity index (χ3v) is 7.93. The molecule has 8 heteroatoms. The molecule has 31 heavy (non-hydrogen) atoms. The molecule has 2 aliphatic rings. The Bertz CT molecular complexity index is 1070. The number of aliphatic imine (C=N–C) groups is 1. The van der Waals surface area contributed by atoms with E-state index >= 15 is 0 Å². The Morgan fingerprint density at radius 3 is 2.52 bits per heavy atom. The van der Waals surface area contributed by atoms with E-state index in [2.05, 4.69) is 10.6 Å². The Hall–Kier alpha value is -2.29. The van der Waals surface area contributed by atoms with Crippen molar-refractivity contribution in [2.24, 2.45) is 4.99 Å². The number of hydrogen-bond donors (Lipinski definition) is 2. The molecule has 0 atom stereocenters. The van der Waals surface area contributed by atoms with Crippen LogP contribution in [0.2, 0.25) is 0 Å². The second-order valence-corrected chi connectivity index (χ2v) is 10.4. The van der Waals surface area contributed by atoms with Crippen molar-refractivity contribution in [2.45, 2.75) is 43.7 Å². The van der Waals surface area contributed by atoms with Crippen molar-refractivity contribution in [3.05, 3.63) is 65.0 Å². The summed E-state index contributed by atoms with van der Waals surface area (Å²) in [6, 6.07) is 11.9. The van der Waals surface area contributed by atoms with Crippen molar-refractivity contribution in [1.29, 1.82) is 0 Å². The molecule has 0 aliphatic carbocycles. The van der Waals surface area contributed by atoms with Crippen LogP contribution in [0, 0.1) is 19.7 Å². The minimum Gasteiger partial charge on any atom is -0.368 e. The molecule has 0 saturated carbocycles. The molecule has 0 bridgehead atoms. The highest BCUT2D eigenvalue weighted by atomic mass is 32.2. The van der Waals surface area contributed by atoms with E-state index in [9.17, 15) is 12.8 Å². The Morgan fingerprint density at radius 2 is 1.84 bits per heavy atom. The number of piperidine rings is 1. The van der Waals surface area contributed by atoms with Gasteiger partial charge in [0.1, 0.15) is 11.7 Å². The Morgan fingerprint density at radius 1 is 1.13 bits per heavy atom. The first-order valence-electron chi connectivity index (χ1n) is 10.7. The van der Waals surface area contributed by atoms with Gasteiger partial charge in [0.15, 0.2) is 0 Å². The summed E-state index contributed by atoms with van der Waals surface area (Å²) in [6.45, 7) is 6.57. The van der Waals surface area contributed by atoms with Gasteiger partial charge < -0.3 is 10.6 Å². The van der Waals surface area contributed by atoms with Crippen LogP contribution in [0.5, 0.6) is 0 Å².